The molecule has 21 heavy (non-hydrogen) atoms. The lowest BCUT2D eigenvalue weighted by Gasteiger charge is -2.20. The molecular weight excluding hydrogens is 306 g/mol. The van der Waals surface area contributed by atoms with Gasteiger partial charge in [0, 0.05) is 11.3 Å². The van der Waals surface area contributed by atoms with Crippen molar-refractivity contribution in [2.45, 2.75) is 31.6 Å². The van der Waals surface area contributed by atoms with Crippen LogP contribution in [0, 0.1) is 0 Å². The number of hydrogen-bond acceptors (Lipinski definition) is 3. The van der Waals surface area contributed by atoms with Crippen molar-refractivity contribution in [3.63, 3.8) is 0 Å². The Morgan fingerprint density at radius 3 is 2.19 bits per heavy atom. The van der Waals surface area contributed by atoms with Crippen LogP contribution in [0.2, 0.25) is 0 Å². The van der Waals surface area contributed by atoms with Crippen LogP contribution in [-0.2, 0) is 25.2 Å². The SMILES string of the molecule is NC(=O)Oc1c2c(nc(C(F)(F)F)c1C(F)(F)F)CCC2. The lowest BCUT2D eigenvalue weighted by atomic mass is 10.1. The van der Waals surface area contributed by atoms with E-state index in [1.54, 1.807) is 0 Å². The molecule has 0 saturated heterocycles. The molecule has 0 aliphatic heterocycles. The fourth-order valence-electron chi connectivity index (χ4n) is 2.23. The van der Waals surface area contributed by atoms with Crippen LogP contribution in [0.15, 0.2) is 0 Å². The zero-order valence-electron chi connectivity index (χ0n) is 10.2. The van der Waals surface area contributed by atoms with Gasteiger partial charge in [-0.3, -0.25) is 0 Å². The number of amides is 1. The van der Waals surface area contributed by atoms with Gasteiger partial charge in [0.25, 0.3) is 0 Å². The van der Waals surface area contributed by atoms with E-state index in [2.05, 4.69) is 15.5 Å². The number of pyridine rings is 1. The van der Waals surface area contributed by atoms with E-state index in [0.29, 0.717) is 6.42 Å². The van der Waals surface area contributed by atoms with Crippen molar-refractivity contribution in [1.82, 2.24) is 4.98 Å². The third kappa shape index (κ3) is 2.88. The molecule has 4 nitrogen and oxygen atoms in total. The molecule has 2 N–H and O–H groups in total. The highest BCUT2D eigenvalue weighted by atomic mass is 19.4. The molecular formula is C11H8F6N2O2. The van der Waals surface area contributed by atoms with Crippen molar-refractivity contribution < 1.29 is 35.9 Å². The van der Waals surface area contributed by atoms with Crippen molar-refractivity contribution in [3.05, 3.63) is 22.5 Å². The normalized spacial score (nSPS) is 15.0. The van der Waals surface area contributed by atoms with Gasteiger partial charge in [-0.05, 0) is 19.3 Å². The summed E-state index contributed by atoms with van der Waals surface area (Å²) in [6.45, 7) is 0. The minimum absolute atomic E-state index is 0.0339. The molecule has 0 atom stereocenters. The third-order valence-electron chi connectivity index (χ3n) is 2.93. The summed E-state index contributed by atoms with van der Waals surface area (Å²) in [5, 5.41) is 0. The number of ether oxygens (including phenoxy) is 1. The van der Waals surface area contributed by atoms with Gasteiger partial charge in [-0.15, -0.1) is 0 Å². The number of nitrogens with zero attached hydrogens (tertiary/aromatic N) is 1. The Morgan fingerprint density at radius 2 is 1.71 bits per heavy atom. The number of alkyl halides is 6. The van der Waals surface area contributed by atoms with Gasteiger partial charge in [0.2, 0.25) is 0 Å². The van der Waals surface area contributed by atoms with E-state index in [1.807, 2.05) is 0 Å². The summed E-state index contributed by atoms with van der Waals surface area (Å²) < 4.78 is 81.7. The predicted octanol–water partition coefficient (Wildman–Crippen LogP) is 3.07. The average molecular weight is 314 g/mol. The molecule has 0 saturated carbocycles. The Morgan fingerprint density at radius 1 is 1.10 bits per heavy atom. The first kappa shape index (κ1) is 15.4. The second-order valence-corrected chi connectivity index (χ2v) is 4.36. The van der Waals surface area contributed by atoms with Crippen LogP contribution in [0.25, 0.3) is 0 Å². The van der Waals surface area contributed by atoms with Gasteiger partial charge in [0.1, 0.15) is 5.56 Å². The number of rotatable bonds is 1. The number of primary amides is 1. The van der Waals surface area contributed by atoms with Gasteiger partial charge < -0.3 is 10.5 Å². The zero-order chi connectivity index (χ0) is 16.0. The van der Waals surface area contributed by atoms with Crippen molar-refractivity contribution in [2.24, 2.45) is 5.73 Å². The Labute approximate surface area is 113 Å². The lowest BCUT2D eigenvalue weighted by molar-refractivity contribution is -0.165. The molecule has 10 heteroatoms. The summed E-state index contributed by atoms with van der Waals surface area (Å²) in [5.41, 5.74) is 0.106. The summed E-state index contributed by atoms with van der Waals surface area (Å²) in [6.07, 6.45) is -11.9. The molecule has 0 fully saturated rings. The second-order valence-electron chi connectivity index (χ2n) is 4.36. The van der Waals surface area contributed by atoms with E-state index >= 15 is 0 Å². The number of aryl methyl sites for hydroxylation is 1. The standard InChI is InChI=1S/C11H8F6N2O2/c12-10(13,14)6-7(21-9(18)20)4-2-1-3-5(4)19-8(6)11(15,16)17/h1-3H2,(H2,18,20). The van der Waals surface area contributed by atoms with Crippen LogP contribution < -0.4 is 10.5 Å². The van der Waals surface area contributed by atoms with Gasteiger partial charge in [-0.25, -0.2) is 9.78 Å². The Balaban J connectivity index is 2.81. The maximum atomic E-state index is 13.0. The number of aromatic nitrogens is 1. The van der Waals surface area contributed by atoms with E-state index in [4.69, 9.17) is 0 Å². The smallest absolute Gasteiger partial charge is 0.409 e. The Kier molecular flexibility index (Phi) is 3.50. The molecule has 1 aromatic rings. The first-order valence-electron chi connectivity index (χ1n) is 5.69. The molecule has 0 unspecified atom stereocenters. The molecule has 0 radical (unpaired) electrons. The van der Waals surface area contributed by atoms with Gasteiger partial charge in [0.15, 0.2) is 11.4 Å². The third-order valence-corrected chi connectivity index (χ3v) is 2.93. The van der Waals surface area contributed by atoms with Gasteiger partial charge in [-0.2, -0.15) is 26.3 Å². The molecule has 0 bridgehead atoms. The fraction of sp³-hybridized carbons (Fsp3) is 0.455. The minimum Gasteiger partial charge on any atom is -0.409 e. The lowest BCUT2D eigenvalue weighted by Crippen LogP contribution is -2.25. The topological polar surface area (TPSA) is 65.2 Å². The maximum Gasteiger partial charge on any atom is 0.434 e. The Bertz CT molecular complexity index is 594. The van der Waals surface area contributed by atoms with Crippen LogP contribution >= 0.6 is 0 Å². The number of nitrogens with two attached hydrogens (primary N) is 1. The zero-order valence-corrected chi connectivity index (χ0v) is 10.2. The number of carbonyl (C=O) groups excluding carboxylic acids is 1. The number of carbonyl (C=O) groups is 1. The van der Waals surface area contributed by atoms with Crippen molar-refractivity contribution >= 4 is 6.09 Å². The molecule has 1 aliphatic carbocycles. The summed E-state index contributed by atoms with van der Waals surface area (Å²) in [5.74, 6) is -1.19. The van der Waals surface area contributed by atoms with E-state index in [1.165, 1.54) is 0 Å². The summed E-state index contributed by atoms with van der Waals surface area (Å²) in [6, 6.07) is 0. The quantitative estimate of drug-likeness (QED) is 0.810. The van der Waals surface area contributed by atoms with Crippen molar-refractivity contribution in [3.8, 4) is 5.75 Å². The van der Waals surface area contributed by atoms with Crippen LogP contribution in [0.1, 0.15) is 28.9 Å². The minimum atomic E-state index is -5.39. The molecule has 1 aliphatic rings. The fourth-order valence-corrected chi connectivity index (χ4v) is 2.23. The monoisotopic (exact) mass is 314 g/mol. The number of halogens is 6. The molecule has 2 rings (SSSR count). The van der Waals surface area contributed by atoms with Gasteiger partial charge in [0.05, 0.1) is 0 Å². The van der Waals surface area contributed by atoms with Gasteiger partial charge >= 0.3 is 18.4 Å². The number of fused-ring (bicyclic) bond motifs is 1. The van der Waals surface area contributed by atoms with E-state index in [0.717, 1.165) is 0 Å². The highest BCUT2D eigenvalue weighted by Gasteiger charge is 2.49. The molecule has 0 spiro atoms. The van der Waals surface area contributed by atoms with Crippen LogP contribution in [-0.4, -0.2) is 11.1 Å². The summed E-state index contributed by atoms with van der Waals surface area (Å²) in [4.78, 5) is 13.8. The average Bonchev–Trinajstić information content (AvgIpc) is 2.72. The Hall–Kier alpha value is -2.00. The van der Waals surface area contributed by atoms with Crippen LogP contribution in [0.3, 0.4) is 0 Å². The highest BCUT2D eigenvalue weighted by molar-refractivity contribution is 5.70. The number of hydrogen-bond donors (Lipinski definition) is 1. The highest BCUT2D eigenvalue weighted by Crippen LogP contribution is 2.47. The van der Waals surface area contributed by atoms with Crippen LogP contribution in [0.5, 0.6) is 5.75 Å². The van der Waals surface area contributed by atoms with E-state index in [9.17, 15) is 31.1 Å². The summed E-state index contributed by atoms with van der Waals surface area (Å²) in [7, 11) is 0. The first-order chi connectivity index (χ1) is 9.51. The maximum absolute atomic E-state index is 13.0. The molecule has 1 heterocycles. The second kappa shape index (κ2) is 4.78. The van der Waals surface area contributed by atoms with Crippen molar-refractivity contribution in [1.29, 1.82) is 0 Å². The van der Waals surface area contributed by atoms with E-state index < -0.39 is 35.5 Å². The molecule has 1 amide bonds. The predicted molar refractivity (Wildman–Crippen MR) is 56.5 cm³/mol. The molecule has 1 aromatic heterocycles. The van der Waals surface area contributed by atoms with Crippen LogP contribution in [0.4, 0.5) is 31.1 Å². The first-order valence-corrected chi connectivity index (χ1v) is 5.69. The molecule has 116 valence electrons. The van der Waals surface area contributed by atoms with Gasteiger partial charge in [-0.1, -0.05) is 0 Å². The molecule has 0 aromatic carbocycles. The van der Waals surface area contributed by atoms with Crippen molar-refractivity contribution in [2.75, 3.05) is 0 Å². The van der Waals surface area contributed by atoms with E-state index in [-0.39, 0.29) is 24.1 Å². The largest absolute Gasteiger partial charge is 0.434 e. The summed E-state index contributed by atoms with van der Waals surface area (Å²) >= 11 is 0.